The molecule has 8 aromatic rings. The Hall–Kier alpha value is -5.86. The quantitative estimate of drug-likeness (QED) is 0.178. The molecule has 260 valence electrons. The molecule has 0 aliphatic heterocycles. The third-order valence-corrected chi connectivity index (χ3v) is 13.8. The molecule has 4 saturated carbocycles. The summed E-state index contributed by atoms with van der Waals surface area (Å²) in [6.07, 6.45) is 7.14. The van der Waals surface area contributed by atoms with Crippen LogP contribution in [-0.2, 0) is 5.41 Å². The Kier molecular flexibility index (Phi) is 6.55. The third kappa shape index (κ3) is 4.34. The summed E-state index contributed by atoms with van der Waals surface area (Å²) in [5.74, 6) is 3.47. The average molecular weight is 696 g/mol. The van der Waals surface area contributed by atoms with Crippen LogP contribution in [0.3, 0.4) is 0 Å². The lowest BCUT2D eigenvalue weighted by atomic mass is 9.43. The van der Waals surface area contributed by atoms with Gasteiger partial charge in [-0.25, -0.2) is 0 Å². The van der Waals surface area contributed by atoms with Crippen molar-refractivity contribution in [3.63, 3.8) is 0 Å². The number of rotatable bonds is 5. The van der Waals surface area contributed by atoms with Crippen LogP contribution in [0.4, 0.5) is 17.1 Å². The number of hydrogen-bond acceptors (Lipinski definition) is 2. The summed E-state index contributed by atoms with van der Waals surface area (Å²) < 4.78 is 6.39. The summed E-state index contributed by atoms with van der Waals surface area (Å²) in [5.41, 5.74) is 16.4. The zero-order chi connectivity index (χ0) is 35.4. The molecule has 7 aromatic carbocycles. The Morgan fingerprint density at radius 2 is 1.07 bits per heavy atom. The van der Waals surface area contributed by atoms with Crippen LogP contribution in [0, 0.1) is 23.7 Å². The minimum Gasteiger partial charge on any atom is -0.456 e. The van der Waals surface area contributed by atoms with E-state index < -0.39 is 0 Å². The van der Waals surface area contributed by atoms with Crippen molar-refractivity contribution in [2.75, 3.05) is 4.90 Å². The van der Waals surface area contributed by atoms with Gasteiger partial charge in [-0.05, 0) is 149 Å². The molecule has 1 aromatic heterocycles. The molecule has 1 spiro atoms. The zero-order valence-electron chi connectivity index (χ0n) is 30.3. The van der Waals surface area contributed by atoms with Crippen molar-refractivity contribution in [2.45, 2.75) is 37.5 Å². The molecular weight excluding hydrogens is 655 g/mol. The fourth-order valence-electron chi connectivity index (χ4n) is 12.0. The highest BCUT2D eigenvalue weighted by molar-refractivity contribution is 6.13. The van der Waals surface area contributed by atoms with Crippen molar-refractivity contribution in [3.8, 4) is 33.4 Å². The smallest absolute Gasteiger partial charge is 0.137 e. The van der Waals surface area contributed by atoms with E-state index in [0.29, 0.717) is 0 Å². The van der Waals surface area contributed by atoms with Crippen LogP contribution in [0.25, 0.3) is 55.3 Å². The summed E-state index contributed by atoms with van der Waals surface area (Å²) in [6, 6.07) is 60.5. The van der Waals surface area contributed by atoms with Gasteiger partial charge in [-0.1, -0.05) is 115 Å². The number of hydrogen-bond donors (Lipinski definition) is 0. The van der Waals surface area contributed by atoms with E-state index in [1.807, 2.05) is 6.07 Å². The van der Waals surface area contributed by atoms with Crippen LogP contribution in [0.15, 0.2) is 168 Å². The predicted octanol–water partition coefficient (Wildman–Crippen LogP) is 14.1. The maximum Gasteiger partial charge on any atom is 0.137 e. The SMILES string of the molecule is c1ccc(-c2cccc(N(c3ccc(-c4ccc5c(c4)-c4ccccc4C54C5CC6CC(C5)CC4C6)cc3)c3cccc4oc5ccccc5c34)c2)cc1. The zero-order valence-corrected chi connectivity index (χ0v) is 30.3. The lowest BCUT2D eigenvalue weighted by Crippen LogP contribution is -2.55. The minimum atomic E-state index is 0.203. The summed E-state index contributed by atoms with van der Waals surface area (Å²) >= 11 is 0. The Balaban J connectivity index is 0.981. The van der Waals surface area contributed by atoms with Crippen LogP contribution in [0.1, 0.15) is 43.2 Å². The largest absolute Gasteiger partial charge is 0.456 e. The fraction of sp³-hybridized carbons (Fsp3) is 0.192. The van der Waals surface area contributed by atoms with Crippen LogP contribution in [-0.4, -0.2) is 0 Å². The van der Waals surface area contributed by atoms with Crippen molar-refractivity contribution in [2.24, 2.45) is 23.7 Å². The van der Waals surface area contributed by atoms with Gasteiger partial charge in [0.2, 0.25) is 0 Å². The molecule has 0 radical (unpaired) electrons. The molecule has 1 heterocycles. The molecule has 13 rings (SSSR count). The topological polar surface area (TPSA) is 16.4 Å². The standard InChI is InChI=1S/C52H41NO/c1-2-10-35(11-3-1)37-12-8-13-42(31-37)53(48-17-9-19-50-51(48)44-15-5-7-18-49(44)54-50)41-23-20-36(21-24-41)38-22-25-47-45(32-38)43-14-4-6-16-46(43)52(47)39-27-33-26-34(29-39)30-40(52)28-33/h1-25,31-34,39-40H,26-30H2. The second-order valence-electron chi connectivity index (χ2n) is 16.5. The molecule has 2 nitrogen and oxygen atoms in total. The van der Waals surface area contributed by atoms with Crippen LogP contribution in [0.2, 0.25) is 0 Å². The maximum absolute atomic E-state index is 6.39. The molecule has 0 N–H and O–H groups in total. The van der Waals surface area contributed by atoms with Crippen molar-refractivity contribution in [1.29, 1.82) is 0 Å². The number of furan rings is 1. The van der Waals surface area contributed by atoms with Gasteiger partial charge in [0.25, 0.3) is 0 Å². The van der Waals surface area contributed by atoms with Crippen LogP contribution >= 0.6 is 0 Å². The molecule has 4 fully saturated rings. The van der Waals surface area contributed by atoms with E-state index in [9.17, 15) is 0 Å². The summed E-state index contributed by atoms with van der Waals surface area (Å²) in [5, 5.41) is 2.25. The number of fused-ring (bicyclic) bond motifs is 6. The number of anilines is 3. The van der Waals surface area contributed by atoms with Gasteiger partial charge >= 0.3 is 0 Å². The van der Waals surface area contributed by atoms with Gasteiger partial charge in [0, 0.05) is 22.2 Å². The average Bonchev–Trinajstić information content (AvgIpc) is 3.75. The molecule has 0 atom stereocenters. The summed E-state index contributed by atoms with van der Waals surface area (Å²) in [4.78, 5) is 2.40. The Morgan fingerprint density at radius 3 is 1.91 bits per heavy atom. The lowest BCUT2D eigenvalue weighted by Gasteiger charge is -2.61. The van der Waals surface area contributed by atoms with Gasteiger partial charge in [-0.3, -0.25) is 0 Å². The summed E-state index contributed by atoms with van der Waals surface area (Å²) in [7, 11) is 0. The van der Waals surface area contributed by atoms with E-state index >= 15 is 0 Å². The van der Waals surface area contributed by atoms with Crippen molar-refractivity contribution in [1.82, 2.24) is 0 Å². The second-order valence-corrected chi connectivity index (χ2v) is 16.5. The molecule has 2 heteroatoms. The fourth-order valence-corrected chi connectivity index (χ4v) is 12.0. The van der Waals surface area contributed by atoms with Crippen LogP contribution in [0.5, 0.6) is 0 Å². The molecule has 4 bridgehead atoms. The Labute approximate surface area is 316 Å². The highest BCUT2D eigenvalue weighted by Gasteiger charge is 2.61. The molecule has 54 heavy (non-hydrogen) atoms. The number of nitrogens with zero attached hydrogens (tertiary/aromatic N) is 1. The molecule has 5 aliphatic rings. The third-order valence-electron chi connectivity index (χ3n) is 13.8. The molecule has 5 aliphatic carbocycles. The van der Waals surface area contributed by atoms with E-state index in [-0.39, 0.29) is 5.41 Å². The van der Waals surface area contributed by atoms with Gasteiger partial charge in [0.1, 0.15) is 11.2 Å². The normalized spacial score (nSPS) is 23.3. The monoisotopic (exact) mass is 695 g/mol. The van der Waals surface area contributed by atoms with E-state index in [1.54, 1.807) is 11.1 Å². The number of benzene rings is 7. The Bertz CT molecular complexity index is 2710. The van der Waals surface area contributed by atoms with Gasteiger partial charge < -0.3 is 9.32 Å². The summed E-state index contributed by atoms with van der Waals surface area (Å²) in [6.45, 7) is 0. The van der Waals surface area contributed by atoms with E-state index in [4.69, 9.17) is 4.42 Å². The first-order chi connectivity index (χ1) is 26.7. The predicted molar refractivity (Wildman–Crippen MR) is 223 cm³/mol. The van der Waals surface area contributed by atoms with Crippen LogP contribution < -0.4 is 4.90 Å². The molecular formula is C52H41NO. The van der Waals surface area contributed by atoms with Crippen molar-refractivity contribution >= 4 is 39.0 Å². The Morgan fingerprint density at radius 1 is 0.444 bits per heavy atom. The van der Waals surface area contributed by atoms with E-state index in [0.717, 1.165) is 62.7 Å². The van der Waals surface area contributed by atoms with Gasteiger partial charge in [0.05, 0.1) is 11.1 Å². The first-order valence-electron chi connectivity index (χ1n) is 19.9. The first-order valence-corrected chi connectivity index (χ1v) is 19.9. The van der Waals surface area contributed by atoms with Gasteiger partial charge in [-0.2, -0.15) is 0 Å². The second kappa shape index (κ2) is 11.6. The van der Waals surface area contributed by atoms with Crippen molar-refractivity contribution < 1.29 is 4.42 Å². The minimum absolute atomic E-state index is 0.203. The highest BCUT2D eigenvalue weighted by atomic mass is 16.3. The number of para-hydroxylation sites is 1. The lowest BCUT2D eigenvalue weighted by molar-refractivity contribution is -0.0399. The highest BCUT2D eigenvalue weighted by Crippen LogP contribution is 2.69. The van der Waals surface area contributed by atoms with E-state index in [2.05, 4.69) is 163 Å². The van der Waals surface area contributed by atoms with E-state index in [1.165, 1.54) is 65.5 Å². The van der Waals surface area contributed by atoms with Crippen molar-refractivity contribution in [3.05, 3.63) is 175 Å². The maximum atomic E-state index is 6.39. The van der Waals surface area contributed by atoms with Gasteiger partial charge in [-0.15, -0.1) is 0 Å². The molecule has 0 saturated heterocycles. The van der Waals surface area contributed by atoms with Gasteiger partial charge in [0.15, 0.2) is 0 Å². The molecule has 0 unspecified atom stereocenters. The molecule has 0 amide bonds. The first kappa shape index (κ1) is 30.6.